The van der Waals surface area contributed by atoms with Gasteiger partial charge in [0.15, 0.2) is 0 Å². The van der Waals surface area contributed by atoms with Gasteiger partial charge in [0, 0.05) is 18.0 Å². The van der Waals surface area contributed by atoms with Gasteiger partial charge in [-0.25, -0.2) is 4.98 Å². The lowest BCUT2D eigenvalue weighted by molar-refractivity contribution is 0.421. The molecule has 0 saturated heterocycles. The average molecular weight is 190 g/mol. The number of hydrogen-bond donors (Lipinski definition) is 0. The molecule has 0 amide bonds. The van der Waals surface area contributed by atoms with Crippen molar-refractivity contribution in [3.8, 4) is 0 Å². The van der Waals surface area contributed by atoms with Gasteiger partial charge in [-0.3, -0.25) is 4.98 Å². The van der Waals surface area contributed by atoms with Gasteiger partial charge in [-0.2, -0.15) is 0 Å². The highest BCUT2D eigenvalue weighted by molar-refractivity contribution is 7.16. The van der Waals surface area contributed by atoms with Crippen molar-refractivity contribution in [3.63, 3.8) is 0 Å². The van der Waals surface area contributed by atoms with Crippen LogP contribution in [0.25, 0.3) is 10.2 Å². The third-order valence-corrected chi connectivity index (χ3v) is 3.58. The smallest absolute Gasteiger partial charge is 0.0877 e. The molecule has 3 rings (SSSR count). The number of rotatable bonds is 1. The molecule has 0 N–H and O–H groups in total. The van der Waals surface area contributed by atoms with Gasteiger partial charge in [0.1, 0.15) is 0 Å². The lowest BCUT2D eigenvalue weighted by atomic mass is 9.80. The minimum Gasteiger partial charge on any atom is -0.263 e. The number of aromatic nitrogens is 2. The van der Waals surface area contributed by atoms with E-state index in [0.29, 0.717) is 0 Å². The molecule has 2 aromatic rings. The molecule has 1 saturated carbocycles. The van der Waals surface area contributed by atoms with Gasteiger partial charge in [-0.05, 0) is 18.8 Å². The van der Waals surface area contributed by atoms with E-state index in [1.807, 2.05) is 17.9 Å². The normalized spacial score (nSPS) is 17.5. The van der Waals surface area contributed by atoms with E-state index in [2.05, 4.69) is 9.97 Å². The van der Waals surface area contributed by atoms with Crippen molar-refractivity contribution in [2.75, 3.05) is 0 Å². The number of nitrogens with zero attached hydrogens (tertiary/aromatic N) is 2. The number of thiazole rings is 1. The van der Waals surface area contributed by atoms with E-state index in [0.717, 1.165) is 5.92 Å². The van der Waals surface area contributed by atoms with Crippen molar-refractivity contribution < 1.29 is 0 Å². The Bertz CT molecular complexity index is 431. The molecular formula is C10H10N2S. The van der Waals surface area contributed by atoms with Crippen molar-refractivity contribution >= 4 is 21.6 Å². The van der Waals surface area contributed by atoms with Crippen molar-refractivity contribution in [1.82, 2.24) is 9.97 Å². The standard InChI is InChI=1S/C10H10N2S/c1-2-7(3-1)8-4-11-5-9-10(8)12-6-13-9/h4-7H,1-3H2. The lowest BCUT2D eigenvalue weighted by Gasteiger charge is -2.25. The molecule has 1 fully saturated rings. The van der Waals surface area contributed by atoms with Crippen molar-refractivity contribution in [1.29, 1.82) is 0 Å². The van der Waals surface area contributed by atoms with Gasteiger partial charge in [0.2, 0.25) is 0 Å². The molecule has 2 heterocycles. The summed E-state index contributed by atoms with van der Waals surface area (Å²) in [5.74, 6) is 0.735. The molecular weight excluding hydrogens is 180 g/mol. The summed E-state index contributed by atoms with van der Waals surface area (Å²) in [6, 6.07) is 0. The molecule has 66 valence electrons. The Kier molecular flexibility index (Phi) is 1.59. The largest absolute Gasteiger partial charge is 0.263 e. The molecule has 0 atom stereocenters. The first kappa shape index (κ1) is 7.44. The molecule has 0 aliphatic heterocycles. The predicted molar refractivity (Wildman–Crippen MR) is 54.0 cm³/mol. The molecule has 1 aliphatic carbocycles. The minimum atomic E-state index is 0.735. The van der Waals surface area contributed by atoms with Gasteiger partial charge >= 0.3 is 0 Å². The van der Waals surface area contributed by atoms with Crippen LogP contribution in [-0.4, -0.2) is 9.97 Å². The van der Waals surface area contributed by atoms with Crippen LogP contribution in [0.5, 0.6) is 0 Å². The van der Waals surface area contributed by atoms with Crippen LogP contribution in [-0.2, 0) is 0 Å². The highest BCUT2D eigenvalue weighted by atomic mass is 32.1. The van der Waals surface area contributed by atoms with E-state index in [4.69, 9.17) is 0 Å². The molecule has 13 heavy (non-hydrogen) atoms. The molecule has 3 heteroatoms. The summed E-state index contributed by atoms with van der Waals surface area (Å²) in [6.45, 7) is 0. The third kappa shape index (κ3) is 1.07. The maximum absolute atomic E-state index is 4.40. The van der Waals surface area contributed by atoms with Crippen molar-refractivity contribution in [3.05, 3.63) is 23.5 Å². The van der Waals surface area contributed by atoms with Crippen LogP contribution in [0, 0.1) is 0 Å². The zero-order valence-electron chi connectivity index (χ0n) is 7.23. The highest BCUT2D eigenvalue weighted by Gasteiger charge is 2.22. The zero-order valence-corrected chi connectivity index (χ0v) is 8.05. The van der Waals surface area contributed by atoms with Crippen LogP contribution < -0.4 is 0 Å². The first-order valence-electron chi connectivity index (χ1n) is 4.62. The summed E-state index contributed by atoms with van der Waals surface area (Å²) in [5, 5.41) is 0. The quantitative estimate of drug-likeness (QED) is 0.691. The summed E-state index contributed by atoms with van der Waals surface area (Å²) in [4.78, 5) is 8.66. The fourth-order valence-corrected chi connectivity index (χ4v) is 2.50. The van der Waals surface area contributed by atoms with Crippen molar-refractivity contribution in [2.45, 2.75) is 25.2 Å². The second kappa shape index (κ2) is 2.77. The van der Waals surface area contributed by atoms with Gasteiger partial charge in [0.25, 0.3) is 0 Å². The molecule has 1 aliphatic rings. The molecule has 0 radical (unpaired) electrons. The summed E-state index contributed by atoms with van der Waals surface area (Å²) in [6.07, 6.45) is 7.91. The van der Waals surface area contributed by atoms with E-state index in [9.17, 15) is 0 Å². The van der Waals surface area contributed by atoms with Crippen LogP contribution in [0.4, 0.5) is 0 Å². The summed E-state index contributed by atoms with van der Waals surface area (Å²) >= 11 is 1.68. The zero-order chi connectivity index (χ0) is 8.67. The monoisotopic (exact) mass is 190 g/mol. The fraction of sp³-hybridized carbons (Fsp3) is 0.400. The van der Waals surface area contributed by atoms with Crippen LogP contribution in [0.2, 0.25) is 0 Å². The summed E-state index contributed by atoms with van der Waals surface area (Å²) < 4.78 is 1.23. The maximum atomic E-state index is 4.40. The van der Waals surface area contributed by atoms with E-state index in [1.165, 1.54) is 35.0 Å². The Morgan fingerprint density at radius 1 is 1.31 bits per heavy atom. The number of hydrogen-bond acceptors (Lipinski definition) is 3. The Labute approximate surface area is 80.6 Å². The van der Waals surface area contributed by atoms with Crippen LogP contribution in [0.3, 0.4) is 0 Å². The SMILES string of the molecule is c1nc2c(C3CCC3)cncc2s1. The Hall–Kier alpha value is -0.960. The average Bonchev–Trinajstić information content (AvgIpc) is 2.49. The molecule has 2 nitrogen and oxygen atoms in total. The van der Waals surface area contributed by atoms with Gasteiger partial charge in [-0.15, -0.1) is 11.3 Å². The third-order valence-electron chi connectivity index (χ3n) is 2.82. The van der Waals surface area contributed by atoms with Crippen molar-refractivity contribution in [2.24, 2.45) is 0 Å². The minimum absolute atomic E-state index is 0.735. The highest BCUT2D eigenvalue weighted by Crippen LogP contribution is 2.39. The fourth-order valence-electron chi connectivity index (χ4n) is 1.83. The second-order valence-corrected chi connectivity index (χ2v) is 4.44. The first-order valence-corrected chi connectivity index (χ1v) is 5.50. The summed E-state index contributed by atoms with van der Waals surface area (Å²) in [5.41, 5.74) is 4.46. The van der Waals surface area contributed by atoms with Gasteiger partial charge < -0.3 is 0 Å². The lowest BCUT2D eigenvalue weighted by Crippen LogP contribution is -2.09. The van der Waals surface area contributed by atoms with Crippen LogP contribution in [0.15, 0.2) is 17.9 Å². The van der Waals surface area contributed by atoms with Gasteiger partial charge in [-0.1, -0.05) is 6.42 Å². The number of pyridine rings is 1. The van der Waals surface area contributed by atoms with E-state index < -0.39 is 0 Å². The first-order chi connectivity index (χ1) is 6.45. The Morgan fingerprint density at radius 3 is 3.00 bits per heavy atom. The number of fused-ring (bicyclic) bond motifs is 1. The maximum Gasteiger partial charge on any atom is 0.0877 e. The summed E-state index contributed by atoms with van der Waals surface area (Å²) in [7, 11) is 0. The van der Waals surface area contributed by atoms with E-state index >= 15 is 0 Å². The topological polar surface area (TPSA) is 25.8 Å². The predicted octanol–water partition coefficient (Wildman–Crippen LogP) is 2.96. The Morgan fingerprint density at radius 2 is 2.23 bits per heavy atom. The molecule has 0 aromatic carbocycles. The van der Waals surface area contributed by atoms with E-state index in [1.54, 1.807) is 11.3 Å². The van der Waals surface area contributed by atoms with Crippen LogP contribution >= 0.6 is 11.3 Å². The van der Waals surface area contributed by atoms with Crippen LogP contribution in [0.1, 0.15) is 30.7 Å². The second-order valence-electron chi connectivity index (χ2n) is 3.56. The van der Waals surface area contributed by atoms with E-state index in [-0.39, 0.29) is 0 Å². The molecule has 2 aromatic heterocycles. The van der Waals surface area contributed by atoms with Gasteiger partial charge in [0.05, 0.1) is 15.7 Å². The molecule has 0 unspecified atom stereocenters. The molecule has 0 bridgehead atoms. The molecule has 0 spiro atoms. The Balaban J connectivity index is 2.20.